The van der Waals surface area contributed by atoms with Crippen LogP contribution in [0.2, 0.25) is 0 Å². The Bertz CT molecular complexity index is 302. The molecule has 1 aliphatic carbocycles. The summed E-state index contributed by atoms with van der Waals surface area (Å²) < 4.78 is 5.34. The number of nitrogens with zero attached hydrogens (tertiary/aromatic N) is 2. The van der Waals surface area contributed by atoms with Crippen LogP contribution in [0.1, 0.15) is 45.4 Å². The number of carbonyl (C=O) groups excluding carboxylic acids is 1. The van der Waals surface area contributed by atoms with E-state index in [9.17, 15) is 4.79 Å². The average Bonchev–Trinajstić information content (AvgIpc) is 2.94. The summed E-state index contributed by atoms with van der Waals surface area (Å²) in [5, 5.41) is 11.6. The molecule has 3 N–H and O–H groups in total. The van der Waals surface area contributed by atoms with Crippen LogP contribution in [0.25, 0.3) is 0 Å². The standard InChI is InChI=1S/C13H25N3O3/c1-2-8-19-9-7-13(17)16(10-12(14)15-18)11-5-3-4-6-11/h11,18H,2-10H2,1H3,(H2,14,15). The van der Waals surface area contributed by atoms with Crippen LogP contribution in [-0.4, -0.2) is 47.7 Å². The van der Waals surface area contributed by atoms with Gasteiger partial charge < -0.3 is 20.6 Å². The van der Waals surface area contributed by atoms with Gasteiger partial charge in [-0.05, 0) is 19.3 Å². The third-order valence-corrected chi connectivity index (χ3v) is 3.36. The number of hydrogen-bond acceptors (Lipinski definition) is 4. The molecule has 0 radical (unpaired) electrons. The van der Waals surface area contributed by atoms with Gasteiger partial charge >= 0.3 is 0 Å². The molecule has 0 aromatic heterocycles. The van der Waals surface area contributed by atoms with Crippen molar-refractivity contribution >= 4 is 11.7 Å². The molecular weight excluding hydrogens is 246 g/mol. The lowest BCUT2D eigenvalue weighted by atomic mass is 10.2. The highest BCUT2D eigenvalue weighted by atomic mass is 16.5. The quantitative estimate of drug-likeness (QED) is 0.229. The normalized spacial score (nSPS) is 16.8. The minimum absolute atomic E-state index is 0.0228. The molecule has 110 valence electrons. The summed E-state index contributed by atoms with van der Waals surface area (Å²) in [6.07, 6.45) is 5.58. The molecule has 0 aromatic carbocycles. The van der Waals surface area contributed by atoms with Crippen LogP contribution in [0.5, 0.6) is 0 Å². The van der Waals surface area contributed by atoms with Crippen LogP contribution >= 0.6 is 0 Å². The first-order valence-electron chi connectivity index (χ1n) is 7.02. The van der Waals surface area contributed by atoms with Gasteiger partial charge in [-0.3, -0.25) is 4.79 Å². The zero-order valence-corrected chi connectivity index (χ0v) is 11.7. The Hall–Kier alpha value is -1.30. The number of oxime groups is 1. The molecular formula is C13H25N3O3. The van der Waals surface area contributed by atoms with E-state index in [1.165, 1.54) is 0 Å². The number of ether oxygens (including phenoxy) is 1. The third kappa shape index (κ3) is 5.46. The summed E-state index contributed by atoms with van der Waals surface area (Å²) in [6.45, 7) is 3.35. The molecule has 0 saturated heterocycles. The van der Waals surface area contributed by atoms with Crippen molar-refractivity contribution in [3.05, 3.63) is 0 Å². The molecule has 0 bridgehead atoms. The Kier molecular flexibility index (Phi) is 7.25. The van der Waals surface area contributed by atoms with E-state index in [1.807, 2.05) is 6.92 Å². The predicted molar refractivity (Wildman–Crippen MR) is 73.1 cm³/mol. The van der Waals surface area contributed by atoms with Gasteiger partial charge in [-0.15, -0.1) is 0 Å². The van der Waals surface area contributed by atoms with Crippen LogP contribution in [0.15, 0.2) is 5.16 Å². The van der Waals surface area contributed by atoms with E-state index in [1.54, 1.807) is 4.90 Å². The topological polar surface area (TPSA) is 88.2 Å². The Morgan fingerprint density at radius 2 is 2.11 bits per heavy atom. The van der Waals surface area contributed by atoms with Crippen molar-refractivity contribution in [1.82, 2.24) is 4.90 Å². The van der Waals surface area contributed by atoms with Crippen molar-refractivity contribution in [1.29, 1.82) is 0 Å². The molecule has 1 fully saturated rings. The van der Waals surface area contributed by atoms with Gasteiger partial charge in [0.15, 0.2) is 5.84 Å². The zero-order chi connectivity index (χ0) is 14.1. The van der Waals surface area contributed by atoms with Gasteiger partial charge in [-0.2, -0.15) is 0 Å². The lowest BCUT2D eigenvalue weighted by Gasteiger charge is -2.28. The van der Waals surface area contributed by atoms with Crippen molar-refractivity contribution in [2.45, 2.75) is 51.5 Å². The average molecular weight is 271 g/mol. The van der Waals surface area contributed by atoms with Crippen LogP contribution in [0, 0.1) is 0 Å². The first-order chi connectivity index (χ1) is 9.19. The number of hydrogen-bond donors (Lipinski definition) is 2. The molecule has 1 amide bonds. The summed E-state index contributed by atoms with van der Waals surface area (Å²) in [5.74, 6) is 0.101. The van der Waals surface area contributed by atoms with Gasteiger partial charge in [0.1, 0.15) is 0 Å². The van der Waals surface area contributed by atoms with Gasteiger partial charge in [0.25, 0.3) is 0 Å². The van der Waals surface area contributed by atoms with Crippen molar-refractivity contribution < 1.29 is 14.7 Å². The van der Waals surface area contributed by atoms with E-state index < -0.39 is 0 Å². The number of nitrogens with two attached hydrogens (primary N) is 1. The highest BCUT2D eigenvalue weighted by molar-refractivity contribution is 5.87. The number of amides is 1. The van der Waals surface area contributed by atoms with E-state index in [0.717, 1.165) is 32.1 Å². The molecule has 0 aromatic rings. The SMILES string of the molecule is CCCOCCC(=O)N(CC(N)=NO)C1CCCC1. The molecule has 0 unspecified atom stereocenters. The van der Waals surface area contributed by atoms with E-state index in [-0.39, 0.29) is 24.3 Å². The molecule has 1 saturated carbocycles. The number of amidine groups is 1. The maximum absolute atomic E-state index is 12.2. The van der Waals surface area contributed by atoms with Gasteiger partial charge in [0.05, 0.1) is 19.6 Å². The minimum atomic E-state index is 0.0228. The lowest BCUT2D eigenvalue weighted by molar-refractivity contribution is -0.133. The van der Waals surface area contributed by atoms with Crippen LogP contribution in [0.4, 0.5) is 0 Å². The highest BCUT2D eigenvalue weighted by Crippen LogP contribution is 2.23. The molecule has 0 spiro atoms. The summed E-state index contributed by atoms with van der Waals surface area (Å²) in [6, 6.07) is 0.221. The second kappa shape index (κ2) is 8.74. The van der Waals surface area contributed by atoms with Crippen molar-refractivity contribution in [3.63, 3.8) is 0 Å². The monoisotopic (exact) mass is 271 g/mol. The maximum Gasteiger partial charge on any atom is 0.225 e. The Labute approximate surface area is 114 Å². The van der Waals surface area contributed by atoms with Gasteiger partial charge in [-0.25, -0.2) is 0 Å². The Morgan fingerprint density at radius 1 is 1.42 bits per heavy atom. The first-order valence-corrected chi connectivity index (χ1v) is 7.02. The van der Waals surface area contributed by atoms with Gasteiger partial charge in [-0.1, -0.05) is 24.9 Å². The molecule has 6 nitrogen and oxygen atoms in total. The van der Waals surface area contributed by atoms with Gasteiger partial charge in [0.2, 0.25) is 5.91 Å². The van der Waals surface area contributed by atoms with Crippen molar-refractivity contribution in [2.24, 2.45) is 10.9 Å². The Balaban J connectivity index is 2.49. The molecule has 0 heterocycles. The largest absolute Gasteiger partial charge is 0.409 e. The molecule has 0 atom stereocenters. The second-order valence-electron chi connectivity index (χ2n) is 4.91. The Morgan fingerprint density at radius 3 is 2.68 bits per heavy atom. The van der Waals surface area contributed by atoms with Crippen LogP contribution in [0.3, 0.4) is 0 Å². The minimum Gasteiger partial charge on any atom is -0.409 e. The van der Waals surface area contributed by atoms with Gasteiger partial charge in [0, 0.05) is 12.6 Å². The molecule has 6 heteroatoms. The van der Waals surface area contributed by atoms with E-state index in [0.29, 0.717) is 19.6 Å². The fourth-order valence-electron chi connectivity index (χ4n) is 2.39. The molecule has 19 heavy (non-hydrogen) atoms. The van der Waals surface area contributed by atoms with E-state index in [2.05, 4.69) is 5.16 Å². The summed E-state index contributed by atoms with van der Waals surface area (Å²) >= 11 is 0. The van der Waals surface area contributed by atoms with Crippen LogP contribution < -0.4 is 5.73 Å². The fraction of sp³-hybridized carbons (Fsp3) is 0.846. The molecule has 1 rings (SSSR count). The van der Waals surface area contributed by atoms with Crippen LogP contribution in [-0.2, 0) is 9.53 Å². The van der Waals surface area contributed by atoms with E-state index in [4.69, 9.17) is 15.7 Å². The maximum atomic E-state index is 12.2. The zero-order valence-electron chi connectivity index (χ0n) is 11.7. The third-order valence-electron chi connectivity index (χ3n) is 3.36. The van der Waals surface area contributed by atoms with Crippen molar-refractivity contribution in [3.8, 4) is 0 Å². The number of rotatable bonds is 8. The smallest absolute Gasteiger partial charge is 0.225 e. The summed E-state index contributed by atoms with van der Waals surface area (Å²) in [4.78, 5) is 13.9. The molecule has 1 aliphatic rings. The lowest BCUT2D eigenvalue weighted by Crippen LogP contribution is -2.44. The fourth-order valence-corrected chi connectivity index (χ4v) is 2.39. The first kappa shape index (κ1) is 15.8. The molecule has 0 aliphatic heterocycles. The predicted octanol–water partition coefficient (Wildman–Crippen LogP) is 1.32. The van der Waals surface area contributed by atoms with Crippen molar-refractivity contribution in [2.75, 3.05) is 19.8 Å². The summed E-state index contributed by atoms with van der Waals surface area (Å²) in [5.41, 5.74) is 5.53. The number of carbonyl (C=O) groups is 1. The highest BCUT2D eigenvalue weighted by Gasteiger charge is 2.27. The summed E-state index contributed by atoms with van der Waals surface area (Å²) in [7, 11) is 0. The second-order valence-corrected chi connectivity index (χ2v) is 4.91. The van der Waals surface area contributed by atoms with E-state index >= 15 is 0 Å².